The molecule has 152 valence electrons. The third-order valence-electron chi connectivity index (χ3n) is 4.64. The van der Waals surface area contributed by atoms with Gasteiger partial charge in [-0.3, -0.25) is 14.6 Å². The fraction of sp³-hybridized carbons (Fsp3) is 0.381. The SMILES string of the molecule is CCCNC(=O)CN(CCC)C(=O)c1nnn(-c2cccc3ncccc23)c1C. The lowest BCUT2D eigenvalue weighted by molar-refractivity contribution is -0.121. The van der Waals surface area contributed by atoms with Crippen LogP contribution in [0.25, 0.3) is 16.6 Å². The molecule has 0 fully saturated rings. The van der Waals surface area contributed by atoms with Crippen LogP contribution in [0.15, 0.2) is 36.5 Å². The molecule has 2 aromatic heterocycles. The molecule has 8 nitrogen and oxygen atoms in total. The number of carbonyl (C=O) groups is 2. The molecule has 2 heterocycles. The van der Waals surface area contributed by atoms with E-state index >= 15 is 0 Å². The van der Waals surface area contributed by atoms with Crippen LogP contribution in [0.2, 0.25) is 0 Å². The summed E-state index contributed by atoms with van der Waals surface area (Å²) in [6, 6.07) is 9.57. The van der Waals surface area contributed by atoms with Crippen molar-refractivity contribution in [2.75, 3.05) is 19.6 Å². The van der Waals surface area contributed by atoms with E-state index in [1.807, 2.05) is 51.1 Å². The van der Waals surface area contributed by atoms with Crippen molar-refractivity contribution in [3.8, 4) is 5.69 Å². The summed E-state index contributed by atoms with van der Waals surface area (Å²) in [5.74, 6) is -0.459. The molecule has 29 heavy (non-hydrogen) atoms. The van der Waals surface area contributed by atoms with Gasteiger partial charge < -0.3 is 10.2 Å². The minimum absolute atomic E-state index is 0.0111. The smallest absolute Gasteiger partial charge is 0.276 e. The van der Waals surface area contributed by atoms with E-state index in [9.17, 15) is 9.59 Å². The van der Waals surface area contributed by atoms with E-state index in [2.05, 4.69) is 20.6 Å². The molecular weight excluding hydrogens is 368 g/mol. The van der Waals surface area contributed by atoms with Gasteiger partial charge >= 0.3 is 0 Å². The van der Waals surface area contributed by atoms with Gasteiger partial charge in [-0.05, 0) is 44.0 Å². The Bertz CT molecular complexity index is 1010. The van der Waals surface area contributed by atoms with Gasteiger partial charge in [-0.15, -0.1) is 5.10 Å². The summed E-state index contributed by atoms with van der Waals surface area (Å²) < 4.78 is 1.65. The van der Waals surface area contributed by atoms with Crippen LogP contribution in [0.1, 0.15) is 42.9 Å². The van der Waals surface area contributed by atoms with E-state index in [4.69, 9.17) is 0 Å². The minimum atomic E-state index is -0.291. The molecule has 1 aromatic carbocycles. The second kappa shape index (κ2) is 9.27. The molecule has 0 saturated carbocycles. The van der Waals surface area contributed by atoms with Gasteiger partial charge in [-0.1, -0.05) is 25.1 Å². The number of nitrogens with one attached hydrogen (secondary N) is 1. The van der Waals surface area contributed by atoms with E-state index in [1.54, 1.807) is 10.9 Å². The van der Waals surface area contributed by atoms with Crippen molar-refractivity contribution in [3.63, 3.8) is 0 Å². The quantitative estimate of drug-likeness (QED) is 0.634. The fourth-order valence-electron chi connectivity index (χ4n) is 3.19. The fourth-order valence-corrected chi connectivity index (χ4v) is 3.19. The molecule has 0 unspecified atom stereocenters. The average Bonchev–Trinajstić information content (AvgIpc) is 3.12. The van der Waals surface area contributed by atoms with Gasteiger partial charge in [-0.25, -0.2) is 4.68 Å². The Morgan fingerprint density at radius 1 is 1.14 bits per heavy atom. The zero-order valence-corrected chi connectivity index (χ0v) is 17.1. The van der Waals surface area contributed by atoms with Crippen molar-refractivity contribution in [1.29, 1.82) is 0 Å². The third kappa shape index (κ3) is 4.42. The van der Waals surface area contributed by atoms with Crippen molar-refractivity contribution in [2.24, 2.45) is 0 Å². The van der Waals surface area contributed by atoms with Gasteiger partial charge in [0.25, 0.3) is 5.91 Å². The summed E-state index contributed by atoms with van der Waals surface area (Å²) in [4.78, 5) is 31.1. The monoisotopic (exact) mass is 394 g/mol. The number of fused-ring (bicyclic) bond motifs is 1. The maximum absolute atomic E-state index is 13.1. The molecule has 0 radical (unpaired) electrons. The largest absolute Gasteiger partial charge is 0.355 e. The standard InChI is InChI=1S/C21H26N6O2/c1-4-11-23-19(28)14-26(13-5-2)21(29)20-15(3)27(25-24-20)18-10-6-9-17-16(18)8-7-12-22-17/h6-10,12H,4-5,11,13-14H2,1-3H3,(H,23,28). The minimum Gasteiger partial charge on any atom is -0.355 e. The number of rotatable bonds is 8. The molecule has 0 aliphatic heterocycles. The maximum atomic E-state index is 13.1. The molecule has 3 aromatic rings. The van der Waals surface area contributed by atoms with E-state index in [0.29, 0.717) is 18.8 Å². The van der Waals surface area contributed by atoms with Crippen LogP contribution in [0.4, 0.5) is 0 Å². The predicted octanol–water partition coefficient (Wildman–Crippen LogP) is 2.50. The molecular formula is C21H26N6O2. The number of hydrogen-bond acceptors (Lipinski definition) is 5. The van der Waals surface area contributed by atoms with Gasteiger partial charge in [-0.2, -0.15) is 0 Å². The Hall–Kier alpha value is -3.29. The van der Waals surface area contributed by atoms with Crippen molar-refractivity contribution in [1.82, 2.24) is 30.2 Å². The topological polar surface area (TPSA) is 93.0 Å². The lowest BCUT2D eigenvalue weighted by Gasteiger charge is -2.20. The first-order valence-corrected chi connectivity index (χ1v) is 9.89. The Labute approximate surface area is 169 Å². The average molecular weight is 394 g/mol. The third-order valence-corrected chi connectivity index (χ3v) is 4.64. The molecule has 0 spiro atoms. The highest BCUT2D eigenvalue weighted by atomic mass is 16.2. The Morgan fingerprint density at radius 2 is 1.97 bits per heavy atom. The zero-order valence-electron chi connectivity index (χ0n) is 17.1. The van der Waals surface area contributed by atoms with Crippen LogP contribution in [0, 0.1) is 6.92 Å². The first-order valence-electron chi connectivity index (χ1n) is 9.89. The Balaban J connectivity index is 1.90. The second-order valence-corrected chi connectivity index (χ2v) is 6.86. The summed E-state index contributed by atoms with van der Waals surface area (Å²) in [6.45, 7) is 6.85. The van der Waals surface area contributed by atoms with Crippen LogP contribution < -0.4 is 5.32 Å². The van der Waals surface area contributed by atoms with E-state index < -0.39 is 0 Å². The second-order valence-electron chi connectivity index (χ2n) is 6.86. The number of amides is 2. The molecule has 2 amide bonds. The molecule has 1 N–H and O–H groups in total. The summed E-state index contributed by atoms with van der Waals surface area (Å²) in [5.41, 5.74) is 2.53. The van der Waals surface area contributed by atoms with Gasteiger partial charge in [0.15, 0.2) is 5.69 Å². The highest BCUT2D eigenvalue weighted by Crippen LogP contribution is 2.22. The van der Waals surface area contributed by atoms with Crippen molar-refractivity contribution in [2.45, 2.75) is 33.6 Å². The van der Waals surface area contributed by atoms with Gasteiger partial charge in [0.05, 0.1) is 23.4 Å². The molecule has 3 rings (SSSR count). The maximum Gasteiger partial charge on any atom is 0.276 e. The van der Waals surface area contributed by atoms with Crippen LogP contribution in [-0.2, 0) is 4.79 Å². The van der Waals surface area contributed by atoms with Crippen molar-refractivity contribution < 1.29 is 9.59 Å². The van der Waals surface area contributed by atoms with Crippen LogP contribution in [-0.4, -0.2) is 56.3 Å². The van der Waals surface area contributed by atoms with Gasteiger partial charge in [0, 0.05) is 24.7 Å². The van der Waals surface area contributed by atoms with E-state index in [0.717, 1.165) is 29.4 Å². The molecule has 0 atom stereocenters. The number of hydrogen-bond donors (Lipinski definition) is 1. The number of aromatic nitrogens is 4. The lowest BCUT2D eigenvalue weighted by atomic mass is 10.1. The molecule has 0 aliphatic carbocycles. The summed E-state index contributed by atoms with van der Waals surface area (Å²) in [7, 11) is 0. The van der Waals surface area contributed by atoms with Crippen molar-refractivity contribution >= 4 is 22.7 Å². The first-order chi connectivity index (χ1) is 14.1. The number of nitrogens with zero attached hydrogens (tertiary/aromatic N) is 5. The van der Waals surface area contributed by atoms with Gasteiger partial charge in [0.1, 0.15) is 0 Å². The van der Waals surface area contributed by atoms with E-state index in [-0.39, 0.29) is 24.1 Å². The number of carbonyl (C=O) groups excluding carboxylic acids is 2. The van der Waals surface area contributed by atoms with Crippen LogP contribution >= 0.6 is 0 Å². The predicted molar refractivity (Wildman–Crippen MR) is 111 cm³/mol. The number of pyridine rings is 1. The first kappa shape index (κ1) is 20.4. The normalized spacial score (nSPS) is 10.9. The summed E-state index contributed by atoms with van der Waals surface area (Å²) in [6.07, 6.45) is 3.33. The van der Waals surface area contributed by atoms with E-state index in [1.165, 1.54) is 4.90 Å². The molecule has 8 heteroatoms. The van der Waals surface area contributed by atoms with Crippen LogP contribution in [0.5, 0.6) is 0 Å². The summed E-state index contributed by atoms with van der Waals surface area (Å²) >= 11 is 0. The van der Waals surface area contributed by atoms with Crippen LogP contribution in [0.3, 0.4) is 0 Å². The van der Waals surface area contributed by atoms with Crippen molar-refractivity contribution in [3.05, 3.63) is 47.9 Å². The molecule has 0 aliphatic rings. The zero-order chi connectivity index (χ0) is 20.8. The van der Waals surface area contributed by atoms with Gasteiger partial charge in [0.2, 0.25) is 5.91 Å². The Kier molecular flexibility index (Phi) is 6.54. The molecule has 0 saturated heterocycles. The summed E-state index contributed by atoms with van der Waals surface area (Å²) in [5, 5.41) is 12.1. The highest BCUT2D eigenvalue weighted by Gasteiger charge is 2.24. The number of benzene rings is 1. The molecule has 0 bridgehead atoms. The Morgan fingerprint density at radius 3 is 2.72 bits per heavy atom. The highest BCUT2D eigenvalue weighted by molar-refractivity contribution is 5.96. The lowest BCUT2D eigenvalue weighted by Crippen LogP contribution is -2.41.